The Kier molecular flexibility index (Phi) is 21.8. The van der Waals surface area contributed by atoms with Crippen molar-refractivity contribution >= 4 is 8.03 Å². The fourth-order valence-electron chi connectivity index (χ4n) is 5.17. The number of allylic oxidation sites excluding steroid dienone is 2. The summed E-state index contributed by atoms with van der Waals surface area (Å²) in [5.41, 5.74) is 0. The van der Waals surface area contributed by atoms with Crippen molar-refractivity contribution < 1.29 is 13.9 Å². The van der Waals surface area contributed by atoms with Crippen LogP contribution in [0.4, 0.5) is 0 Å². The van der Waals surface area contributed by atoms with Gasteiger partial charge in [-0.15, -0.1) is 0 Å². The Morgan fingerprint density at radius 1 is 0.618 bits per heavy atom. The molecule has 202 valence electrons. The molecule has 0 N–H and O–H groups in total. The molecule has 0 heterocycles. The standard InChI is InChI=1S/C30H61NO2P/c1-6-8-9-10-11-12-13-14-15-16-17-18-19-20-21-22-23-24-25-26-27-28-29-30(7-2,34(32)33)31(3,4)5/h20-21H,6-19,22-29H2,1-5H3/q+1. The normalized spacial score (nSPS) is 14.6. The molecule has 0 aliphatic carbocycles. The Hall–Kier alpha value is -0.240. The van der Waals surface area contributed by atoms with Crippen LogP contribution in [0.15, 0.2) is 12.2 Å². The van der Waals surface area contributed by atoms with Gasteiger partial charge in [0.05, 0.1) is 21.1 Å². The van der Waals surface area contributed by atoms with Gasteiger partial charge in [0, 0.05) is 12.8 Å². The van der Waals surface area contributed by atoms with Crippen molar-refractivity contribution in [1.29, 1.82) is 0 Å². The van der Waals surface area contributed by atoms with Crippen LogP contribution < -0.4 is 4.89 Å². The topological polar surface area (TPSA) is 40.1 Å². The smallest absolute Gasteiger partial charge is 0.376 e. The van der Waals surface area contributed by atoms with Crippen molar-refractivity contribution in [2.45, 2.75) is 160 Å². The van der Waals surface area contributed by atoms with E-state index in [9.17, 15) is 9.46 Å². The minimum atomic E-state index is -2.42. The Morgan fingerprint density at radius 2 is 0.971 bits per heavy atom. The SMILES string of the molecule is CCCCCCCCCCCCCCC=CCCCCCCCCC(CC)([P+](=O)[O-])[N+](C)(C)C. The van der Waals surface area contributed by atoms with Gasteiger partial charge in [0.1, 0.15) is 0 Å². The number of quaternary nitrogens is 1. The van der Waals surface area contributed by atoms with E-state index in [4.69, 9.17) is 0 Å². The molecule has 0 rings (SSSR count). The highest BCUT2D eigenvalue weighted by Gasteiger charge is 2.52. The van der Waals surface area contributed by atoms with Crippen LogP contribution in [-0.4, -0.2) is 30.9 Å². The third-order valence-electron chi connectivity index (χ3n) is 7.74. The van der Waals surface area contributed by atoms with Gasteiger partial charge in [-0.3, -0.25) is 4.48 Å². The molecule has 2 atom stereocenters. The summed E-state index contributed by atoms with van der Waals surface area (Å²) in [4.78, 5) is 12.0. The molecular weight excluding hydrogens is 437 g/mol. The zero-order valence-corrected chi connectivity index (χ0v) is 24.8. The van der Waals surface area contributed by atoms with Gasteiger partial charge in [-0.05, 0) is 32.1 Å². The molecule has 0 saturated carbocycles. The largest absolute Gasteiger partial charge is 0.590 e. The van der Waals surface area contributed by atoms with E-state index in [1.165, 1.54) is 116 Å². The van der Waals surface area contributed by atoms with E-state index >= 15 is 0 Å². The second kappa shape index (κ2) is 22.0. The predicted octanol–water partition coefficient (Wildman–Crippen LogP) is 9.67. The molecule has 2 unspecified atom stereocenters. The lowest BCUT2D eigenvalue weighted by Gasteiger charge is -2.39. The fourth-order valence-corrected chi connectivity index (χ4v) is 6.26. The quantitative estimate of drug-likeness (QED) is 0.0544. The molecular formula is C30H61NO2P+. The second-order valence-corrected chi connectivity index (χ2v) is 12.8. The maximum Gasteiger partial charge on any atom is 0.376 e. The summed E-state index contributed by atoms with van der Waals surface area (Å²) in [5, 5.41) is -0.603. The Morgan fingerprint density at radius 3 is 1.29 bits per heavy atom. The Labute approximate surface area is 215 Å². The van der Waals surface area contributed by atoms with Gasteiger partial charge in [0.25, 0.3) is 5.28 Å². The van der Waals surface area contributed by atoms with Crippen LogP contribution in [-0.2, 0) is 4.57 Å². The first-order valence-electron chi connectivity index (χ1n) is 14.9. The first-order valence-corrected chi connectivity index (χ1v) is 16.1. The van der Waals surface area contributed by atoms with Gasteiger partial charge in [0.15, 0.2) is 0 Å². The highest BCUT2D eigenvalue weighted by molar-refractivity contribution is 7.38. The predicted molar refractivity (Wildman–Crippen MR) is 150 cm³/mol. The summed E-state index contributed by atoms with van der Waals surface area (Å²) < 4.78 is 12.5. The van der Waals surface area contributed by atoms with Gasteiger partial charge in [-0.1, -0.05) is 127 Å². The lowest BCUT2D eigenvalue weighted by Crippen LogP contribution is -2.55. The molecule has 0 fully saturated rings. The molecule has 0 aliphatic heterocycles. The minimum absolute atomic E-state index is 0.508. The molecule has 0 aliphatic rings. The van der Waals surface area contributed by atoms with Crippen LogP contribution >= 0.6 is 8.03 Å². The van der Waals surface area contributed by atoms with Crippen molar-refractivity contribution in [3.63, 3.8) is 0 Å². The van der Waals surface area contributed by atoms with Crippen molar-refractivity contribution in [2.75, 3.05) is 21.1 Å². The number of hydrogen-bond donors (Lipinski definition) is 0. The highest BCUT2D eigenvalue weighted by atomic mass is 31.1. The van der Waals surface area contributed by atoms with E-state index in [0.29, 0.717) is 10.9 Å². The maximum atomic E-state index is 12.0. The summed E-state index contributed by atoms with van der Waals surface area (Å²) in [6.45, 7) is 4.30. The van der Waals surface area contributed by atoms with Gasteiger partial charge in [-0.2, -0.15) is 0 Å². The highest BCUT2D eigenvalue weighted by Crippen LogP contribution is 2.44. The average Bonchev–Trinajstić information content (AvgIpc) is 2.78. The summed E-state index contributed by atoms with van der Waals surface area (Å²) in [6, 6.07) is 0. The van der Waals surface area contributed by atoms with E-state index in [2.05, 4.69) is 19.1 Å². The lowest BCUT2D eigenvalue weighted by atomic mass is 10.0. The summed E-state index contributed by atoms with van der Waals surface area (Å²) in [7, 11) is 3.62. The van der Waals surface area contributed by atoms with Gasteiger partial charge >= 0.3 is 8.03 Å². The first kappa shape index (κ1) is 33.8. The first-order chi connectivity index (χ1) is 16.3. The molecule has 3 nitrogen and oxygen atoms in total. The second-order valence-electron chi connectivity index (χ2n) is 11.4. The van der Waals surface area contributed by atoms with E-state index in [-0.39, 0.29) is 0 Å². The van der Waals surface area contributed by atoms with Crippen LogP contribution in [0.25, 0.3) is 0 Å². The number of hydrogen-bond acceptors (Lipinski definition) is 2. The van der Waals surface area contributed by atoms with Crippen molar-refractivity contribution in [2.24, 2.45) is 0 Å². The van der Waals surface area contributed by atoms with Crippen LogP contribution in [0, 0.1) is 0 Å². The molecule has 34 heavy (non-hydrogen) atoms. The molecule has 0 radical (unpaired) electrons. The summed E-state index contributed by atoms with van der Waals surface area (Å²) in [5.74, 6) is 0. The minimum Gasteiger partial charge on any atom is -0.590 e. The molecule has 0 saturated heterocycles. The van der Waals surface area contributed by atoms with Crippen LogP contribution in [0.1, 0.15) is 155 Å². The zero-order chi connectivity index (χ0) is 25.5. The monoisotopic (exact) mass is 498 g/mol. The molecule has 0 spiro atoms. The van der Waals surface area contributed by atoms with Gasteiger partial charge in [0.2, 0.25) is 0 Å². The van der Waals surface area contributed by atoms with E-state index in [1.54, 1.807) is 0 Å². The third kappa shape index (κ3) is 16.4. The van der Waals surface area contributed by atoms with Crippen LogP contribution in [0.3, 0.4) is 0 Å². The van der Waals surface area contributed by atoms with E-state index < -0.39 is 13.3 Å². The molecule has 4 heteroatoms. The molecule has 0 bridgehead atoms. The molecule has 0 aromatic rings. The molecule has 0 amide bonds. The third-order valence-corrected chi connectivity index (χ3v) is 9.56. The fraction of sp³-hybridized carbons (Fsp3) is 0.933. The molecule has 0 aromatic carbocycles. The number of rotatable bonds is 25. The Bertz CT molecular complexity index is 501. The van der Waals surface area contributed by atoms with E-state index in [0.717, 1.165) is 19.3 Å². The van der Waals surface area contributed by atoms with Crippen molar-refractivity contribution in [1.82, 2.24) is 0 Å². The van der Waals surface area contributed by atoms with Crippen LogP contribution in [0.2, 0.25) is 0 Å². The molecule has 0 aromatic heterocycles. The maximum absolute atomic E-state index is 12.0. The number of unbranched alkanes of at least 4 members (excludes halogenated alkanes) is 18. The number of nitrogens with zero attached hydrogens (tertiary/aromatic N) is 1. The van der Waals surface area contributed by atoms with Crippen molar-refractivity contribution in [3.8, 4) is 0 Å². The van der Waals surface area contributed by atoms with Gasteiger partial charge < -0.3 is 4.89 Å². The zero-order valence-electron chi connectivity index (χ0n) is 23.9. The van der Waals surface area contributed by atoms with Crippen LogP contribution in [0.5, 0.6) is 0 Å². The summed E-state index contributed by atoms with van der Waals surface area (Å²) >= 11 is 0. The van der Waals surface area contributed by atoms with Crippen molar-refractivity contribution in [3.05, 3.63) is 12.2 Å². The van der Waals surface area contributed by atoms with Gasteiger partial charge in [-0.25, -0.2) is 0 Å². The lowest BCUT2D eigenvalue weighted by molar-refractivity contribution is -0.910. The van der Waals surface area contributed by atoms with E-state index in [1.807, 2.05) is 28.1 Å². The Balaban J connectivity index is 3.49. The summed E-state index contributed by atoms with van der Waals surface area (Å²) in [6.07, 6.45) is 33.1. The average molecular weight is 499 g/mol.